The van der Waals surface area contributed by atoms with Crippen LogP contribution in [0.25, 0.3) is 0 Å². The molecular formula is C15H19Br2N3O. The molecule has 0 radical (unpaired) electrons. The Balaban J connectivity index is 2.46. The number of nitrogens with one attached hydrogen (secondary N) is 1. The van der Waals surface area contributed by atoms with Crippen molar-refractivity contribution < 1.29 is 4.74 Å². The smallest absolute Gasteiger partial charge is 0.0768 e. The number of aromatic nitrogens is 2. The van der Waals surface area contributed by atoms with Gasteiger partial charge >= 0.3 is 0 Å². The van der Waals surface area contributed by atoms with Gasteiger partial charge in [-0.05, 0) is 41.0 Å². The second-order valence-electron chi connectivity index (χ2n) is 4.79. The second kappa shape index (κ2) is 7.54. The highest BCUT2D eigenvalue weighted by Gasteiger charge is 2.22. The first-order valence-electron chi connectivity index (χ1n) is 6.72. The normalized spacial score (nSPS) is 12.6. The Bertz CT molecular complexity index is 613. The monoisotopic (exact) mass is 415 g/mol. The zero-order valence-electron chi connectivity index (χ0n) is 12.4. The van der Waals surface area contributed by atoms with Crippen LogP contribution in [0.4, 0.5) is 0 Å². The van der Waals surface area contributed by atoms with E-state index in [1.165, 1.54) is 11.1 Å². The van der Waals surface area contributed by atoms with Crippen molar-refractivity contribution >= 4 is 31.9 Å². The molecule has 114 valence electrons. The fourth-order valence-electron chi connectivity index (χ4n) is 2.35. The predicted molar refractivity (Wildman–Crippen MR) is 91.6 cm³/mol. The number of nitrogens with zero attached hydrogens (tertiary/aromatic N) is 2. The highest BCUT2D eigenvalue weighted by Crippen LogP contribution is 2.33. The fraction of sp³-hybridized carbons (Fsp3) is 0.400. The Morgan fingerprint density at radius 2 is 2.14 bits per heavy atom. The molecule has 0 aliphatic carbocycles. The molecule has 6 heteroatoms. The van der Waals surface area contributed by atoms with Gasteiger partial charge in [-0.2, -0.15) is 5.10 Å². The van der Waals surface area contributed by atoms with Crippen molar-refractivity contribution in [3.63, 3.8) is 0 Å². The van der Waals surface area contributed by atoms with Crippen molar-refractivity contribution in [2.45, 2.75) is 19.5 Å². The zero-order valence-corrected chi connectivity index (χ0v) is 15.5. The van der Waals surface area contributed by atoms with Crippen LogP contribution in [0.3, 0.4) is 0 Å². The Morgan fingerprint density at radius 1 is 1.38 bits per heavy atom. The average molecular weight is 417 g/mol. The third-order valence-electron chi connectivity index (χ3n) is 3.44. The summed E-state index contributed by atoms with van der Waals surface area (Å²) in [7, 11) is 3.66. The van der Waals surface area contributed by atoms with Crippen LogP contribution in [0.15, 0.2) is 33.3 Å². The Kier molecular flexibility index (Phi) is 5.98. The summed E-state index contributed by atoms with van der Waals surface area (Å²) in [5, 5.41) is 7.82. The average Bonchev–Trinajstić information content (AvgIpc) is 2.83. The largest absolute Gasteiger partial charge is 0.383 e. The van der Waals surface area contributed by atoms with E-state index in [9.17, 15) is 0 Å². The summed E-state index contributed by atoms with van der Waals surface area (Å²) in [4.78, 5) is 0. The summed E-state index contributed by atoms with van der Waals surface area (Å²) in [5.74, 6) is 0. The lowest BCUT2D eigenvalue weighted by Gasteiger charge is -2.21. The zero-order chi connectivity index (χ0) is 15.4. The highest BCUT2D eigenvalue weighted by molar-refractivity contribution is 9.10. The molecule has 1 atom stereocenters. The van der Waals surface area contributed by atoms with Crippen molar-refractivity contribution in [1.82, 2.24) is 15.1 Å². The van der Waals surface area contributed by atoms with Crippen molar-refractivity contribution in [3.05, 3.63) is 50.2 Å². The molecule has 21 heavy (non-hydrogen) atoms. The molecule has 2 rings (SSSR count). The van der Waals surface area contributed by atoms with Crippen molar-refractivity contribution in [2.75, 3.05) is 20.8 Å². The molecule has 1 unspecified atom stereocenters. The van der Waals surface area contributed by atoms with Gasteiger partial charge in [0.1, 0.15) is 0 Å². The molecule has 0 aliphatic heterocycles. The third-order valence-corrected chi connectivity index (χ3v) is 5.13. The molecular weight excluding hydrogens is 398 g/mol. The minimum Gasteiger partial charge on any atom is -0.383 e. The lowest BCUT2D eigenvalue weighted by atomic mass is 10.0. The summed E-state index contributed by atoms with van der Waals surface area (Å²) < 4.78 is 9.25. The fourth-order valence-corrected chi connectivity index (χ4v) is 3.37. The number of aryl methyl sites for hydroxylation is 1. The predicted octanol–water partition coefficient (Wildman–Crippen LogP) is 3.67. The SMILES string of the molecule is CNC(c1cccc(C)c1Br)c1c(Br)cnn1CCOC. The van der Waals surface area contributed by atoms with E-state index in [1.807, 2.05) is 17.9 Å². The number of methoxy groups -OCH3 is 1. The van der Waals surface area contributed by atoms with Crippen LogP contribution >= 0.6 is 31.9 Å². The van der Waals surface area contributed by atoms with Crippen molar-refractivity contribution in [2.24, 2.45) is 0 Å². The maximum atomic E-state index is 5.17. The topological polar surface area (TPSA) is 39.1 Å². The van der Waals surface area contributed by atoms with Gasteiger partial charge in [-0.3, -0.25) is 4.68 Å². The van der Waals surface area contributed by atoms with Crippen LogP contribution < -0.4 is 5.32 Å². The first kappa shape index (κ1) is 16.7. The van der Waals surface area contributed by atoms with E-state index in [4.69, 9.17) is 4.74 Å². The Hall–Kier alpha value is -0.690. The van der Waals surface area contributed by atoms with Crippen molar-refractivity contribution in [1.29, 1.82) is 0 Å². The van der Waals surface area contributed by atoms with Gasteiger partial charge in [0.25, 0.3) is 0 Å². The van der Waals surface area contributed by atoms with Gasteiger partial charge in [0, 0.05) is 11.6 Å². The number of ether oxygens (including phenoxy) is 1. The minimum atomic E-state index is 0.0491. The van der Waals surface area contributed by atoms with E-state index >= 15 is 0 Å². The highest BCUT2D eigenvalue weighted by atomic mass is 79.9. The van der Waals surface area contributed by atoms with E-state index in [2.05, 4.69) is 67.4 Å². The van der Waals surface area contributed by atoms with Gasteiger partial charge in [-0.1, -0.05) is 34.1 Å². The lowest BCUT2D eigenvalue weighted by Crippen LogP contribution is -2.23. The third kappa shape index (κ3) is 3.56. The van der Waals surface area contributed by atoms with E-state index in [0.717, 1.165) is 21.2 Å². The Labute approximate surface area is 142 Å². The summed E-state index contributed by atoms with van der Waals surface area (Å²) in [6, 6.07) is 6.34. The Morgan fingerprint density at radius 3 is 2.81 bits per heavy atom. The quantitative estimate of drug-likeness (QED) is 0.780. The number of hydrogen-bond acceptors (Lipinski definition) is 3. The van der Waals surface area contributed by atoms with E-state index < -0.39 is 0 Å². The first-order chi connectivity index (χ1) is 10.1. The molecule has 0 bridgehead atoms. The van der Waals surface area contributed by atoms with Gasteiger partial charge in [0.15, 0.2) is 0 Å². The maximum Gasteiger partial charge on any atom is 0.0768 e. The molecule has 0 saturated carbocycles. The second-order valence-corrected chi connectivity index (χ2v) is 6.44. The van der Waals surface area contributed by atoms with Crippen LogP contribution in [-0.4, -0.2) is 30.5 Å². The van der Waals surface area contributed by atoms with Crippen LogP contribution in [0.2, 0.25) is 0 Å². The summed E-state index contributed by atoms with van der Waals surface area (Å²) in [6.45, 7) is 3.45. The molecule has 1 aromatic heterocycles. The van der Waals surface area contributed by atoms with E-state index in [0.29, 0.717) is 6.61 Å². The molecule has 4 nitrogen and oxygen atoms in total. The first-order valence-corrected chi connectivity index (χ1v) is 8.31. The summed E-state index contributed by atoms with van der Waals surface area (Å²) in [6.07, 6.45) is 1.83. The molecule has 2 aromatic rings. The van der Waals surface area contributed by atoms with E-state index in [-0.39, 0.29) is 6.04 Å². The molecule has 0 aliphatic rings. The number of benzene rings is 1. The van der Waals surface area contributed by atoms with Gasteiger partial charge < -0.3 is 10.1 Å². The molecule has 0 saturated heterocycles. The number of rotatable bonds is 6. The number of halogens is 2. The molecule has 1 heterocycles. The van der Waals surface area contributed by atoms with Crippen LogP contribution in [-0.2, 0) is 11.3 Å². The summed E-state index contributed by atoms with van der Waals surface area (Å²) in [5.41, 5.74) is 3.50. The number of hydrogen-bond donors (Lipinski definition) is 1. The van der Waals surface area contributed by atoms with Gasteiger partial charge in [0.05, 0.1) is 35.6 Å². The summed E-state index contributed by atoms with van der Waals surface area (Å²) >= 11 is 7.31. The molecule has 0 fully saturated rings. The van der Waals surface area contributed by atoms with Crippen LogP contribution in [0, 0.1) is 6.92 Å². The van der Waals surface area contributed by atoms with Crippen molar-refractivity contribution in [3.8, 4) is 0 Å². The van der Waals surface area contributed by atoms with E-state index in [1.54, 1.807) is 7.11 Å². The molecule has 0 spiro atoms. The lowest BCUT2D eigenvalue weighted by molar-refractivity contribution is 0.182. The van der Waals surface area contributed by atoms with Gasteiger partial charge in [-0.15, -0.1) is 0 Å². The van der Waals surface area contributed by atoms with Gasteiger partial charge in [0.2, 0.25) is 0 Å². The maximum absolute atomic E-state index is 5.17. The van der Waals surface area contributed by atoms with Crippen LogP contribution in [0.5, 0.6) is 0 Å². The van der Waals surface area contributed by atoms with Crippen LogP contribution in [0.1, 0.15) is 22.9 Å². The molecule has 1 aromatic carbocycles. The standard InChI is InChI=1S/C15H19Br2N3O/c1-10-5-4-6-11(13(10)17)14(18-2)15-12(16)9-19-20(15)7-8-21-3/h4-6,9,14,18H,7-8H2,1-3H3. The minimum absolute atomic E-state index is 0.0491. The molecule has 0 amide bonds. The molecule has 1 N–H and O–H groups in total. The van der Waals surface area contributed by atoms with Gasteiger partial charge in [-0.25, -0.2) is 0 Å².